The Kier molecular flexibility index (Phi) is 10.6. The predicted octanol–water partition coefficient (Wildman–Crippen LogP) is 9.15. The number of aryl methyl sites for hydroxylation is 2. The van der Waals surface area contributed by atoms with Gasteiger partial charge in [0.15, 0.2) is 0 Å². The quantitative estimate of drug-likeness (QED) is 0.133. The second-order valence-corrected chi connectivity index (χ2v) is 15.7. The van der Waals surface area contributed by atoms with Crippen molar-refractivity contribution in [3.8, 4) is 22.3 Å². The van der Waals surface area contributed by atoms with E-state index in [1.54, 1.807) is 0 Å². The maximum Gasteiger partial charge on any atom is 0.0920 e. The maximum absolute atomic E-state index is 4.93. The molecule has 0 saturated heterocycles. The molecule has 0 N–H and O–H groups in total. The van der Waals surface area contributed by atoms with Gasteiger partial charge in [0.25, 0.3) is 0 Å². The third kappa shape index (κ3) is 6.91. The Morgan fingerprint density at radius 1 is 0.795 bits per heavy atom. The van der Waals surface area contributed by atoms with Crippen LogP contribution >= 0.6 is 17.0 Å². The van der Waals surface area contributed by atoms with E-state index in [1.165, 1.54) is 60.1 Å². The molecule has 1 heterocycles. The number of rotatable bonds is 3. The van der Waals surface area contributed by atoms with Gasteiger partial charge >= 0.3 is 37.9 Å². The van der Waals surface area contributed by atoms with Crippen LogP contribution in [0.5, 0.6) is 0 Å². The molecule has 5 aromatic carbocycles. The van der Waals surface area contributed by atoms with E-state index < -0.39 is 20.8 Å². The van der Waals surface area contributed by atoms with Crippen molar-refractivity contribution in [2.75, 3.05) is 0 Å². The van der Waals surface area contributed by atoms with E-state index in [0.29, 0.717) is 0 Å². The molecule has 0 fully saturated rings. The van der Waals surface area contributed by atoms with Crippen molar-refractivity contribution >= 4 is 47.7 Å². The van der Waals surface area contributed by atoms with Gasteiger partial charge in [-0.05, 0) is 29.4 Å². The molecule has 0 unspecified atom stereocenters. The maximum atomic E-state index is 4.93. The van der Waals surface area contributed by atoms with Crippen LogP contribution in [0.1, 0.15) is 51.3 Å². The molecule has 0 aliphatic carbocycles. The van der Waals surface area contributed by atoms with Crippen LogP contribution in [0, 0.1) is 6.07 Å². The summed E-state index contributed by atoms with van der Waals surface area (Å²) in [6, 6.07) is 36.4. The van der Waals surface area contributed by atoms with Gasteiger partial charge in [-0.2, -0.15) is 35.5 Å². The summed E-state index contributed by atoms with van der Waals surface area (Å²) in [5, 5.41) is 5.60. The Bertz CT molecular complexity index is 1500. The second kappa shape index (κ2) is 13.7. The minimum atomic E-state index is -0.826. The first-order chi connectivity index (χ1) is 18.8. The minimum absolute atomic E-state index is 0.187. The average molecular weight is 645 g/mol. The van der Waals surface area contributed by atoms with Gasteiger partial charge in [0.1, 0.15) is 0 Å². The van der Waals surface area contributed by atoms with E-state index in [2.05, 4.69) is 126 Å². The summed E-state index contributed by atoms with van der Waals surface area (Å²) in [4.78, 5) is 0. The molecule has 2 radical (unpaired) electrons. The zero-order valence-corrected chi connectivity index (χ0v) is 28.3. The van der Waals surface area contributed by atoms with Crippen molar-refractivity contribution in [1.29, 1.82) is 0 Å². The van der Waals surface area contributed by atoms with Crippen LogP contribution in [-0.4, -0.2) is 9.52 Å². The van der Waals surface area contributed by atoms with Crippen molar-refractivity contribution in [2.24, 2.45) is 0 Å². The fourth-order valence-electron chi connectivity index (χ4n) is 5.17. The number of benzene rings is 4. The topological polar surface area (TPSA) is 0 Å². The van der Waals surface area contributed by atoms with Crippen LogP contribution in [0.4, 0.5) is 0 Å². The largest absolute Gasteiger partial charge is 0.184 e. The van der Waals surface area contributed by atoms with E-state index in [4.69, 9.17) is 17.0 Å². The van der Waals surface area contributed by atoms with Crippen LogP contribution in [0.15, 0.2) is 91.0 Å². The van der Waals surface area contributed by atoms with E-state index >= 15 is 0 Å². The van der Waals surface area contributed by atoms with Crippen molar-refractivity contribution in [2.45, 2.75) is 52.9 Å². The molecule has 1 aliphatic rings. The molecular formula is C35H34Cl2SiZr. The normalized spacial score (nSPS) is 11.5. The molecule has 196 valence electrons. The van der Waals surface area contributed by atoms with Gasteiger partial charge in [-0.25, -0.2) is 0 Å². The second-order valence-electron chi connectivity index (χ2n) is 10.7. The van der Waals surface area contributed by atoms with E-state index in [-0.39, 0.29) is 5.41 Å². The predicted molar refractivity (Wildman–Crippen MR) is 170 cm³/mol. The van der Waals surface area contributed by atoms with Crippen LogP contribution in [-0.2, 0) is 39.1 Å². The molecule has 0 spiro atoms. The Balaban J connectivity index is 0.000000184. The standard InChI is InChI=1S/C23H27.C12H7Si.2ClH.Zr/c1-6-16-10-8-9-11-20(16)22-17(7-2)12-13-18-14-19(15-21(18)22)23(3,4)5;1-3-7-11-9(5-1)10-6-2-4-8-12(10)13-11;;;/h8-15H,6-7H2,1-5H3;1-7H;2*1H;/q2*-1;;;+4/p-2. The Morgan fingerprint density at radius 2 is 1.44 bits per heavy atom. The summed E-state index contributed by atoms with van der Waals surface area (Å²) >= 11 is -0.826. The number of hydrogen-bond acceptors (Lipinski definition) is 0. The van der Waals surface area contributed by atoms with Crippen LogP contribution in [0.25, 0.3) is 33.0 Å². The molecule has 0 aromatic heterocycles. The Labute approximate surface area is 255 Å². The van der Waals surface area contributed by atoms with Gasteiger partial charge in [-0.1, -0.05) is 105 Å². The average Bonchev–Trinajstić information content (AvgIpc) is 3.55. The third-order valence-corrected chi connectivity index (χ3v) is 8.59. The smallest absolute Gasteiger partial charge is 0.0920 e. The van der Waals surface area contributed by atoms with E-state index in [1.807, 2.05) is 6.07 Å². The number of hydrogen-bond donors (Lipinski definition) is 0. The summed E-state index contributed by atoms with van der Waals surface area (Å²) in [6.07, 6.45) is 2.14. The van der Waals surface area contributed by atoms with Crippen molar-refractivity contribution < 1.29 is 20.8 Å². The number of halogens is 2. The van der Waals surface area contributed by atoms with E-state index in [9.17, 15) is 0 Å². The Morgan fingerprint density at radius 3 is 2.13 bits per heavy atom. The SMILES string of the molecule is CCc1ccccc1-c1c(CC)ccc2[cH-]c(C(C)(C)C)cc12.[Cl][Zr+2][Cl].[c-]1cccc2c1[Si]c1ccccc1-2. The monoisotopic (exact) mass is 642 g/mol. The molecular weight excluding hydrogens is 611 g/mol. The first kappa shape index (κ1) is 30.1. The molecule has 1 aliphatic heterocycles. The first-order valence-electron chi connectivity index (χ1n) is 13.5. The van der Waals surface area contributed by atoms with Crippen molar-refractivity contribution in [3.63, 3.8) is 0 Å². The van der Waals surface area contributed by atoms with Gasteiger partial charge in [0.05, 0.1) is 9.52 Å². The minimum Gasteiger partial charge on any atom is -0.184 e. The molecule has 5 aromatic rings. The van der Waals surface area contributed by atoms with Gasteiger partial charge in [0, 0.05) is 0 Å². The molecule has 0 nitrogen and oxygen atoms in total. The van der Waals surface area contributed by atoms with Crippen LogP contribution in [0.2, 0.25) is 0 Å². The summed E-state index contributed by atoms with van der Waals surface area (Å²) in [6.45, 7) is 11.4. The van der Waals surface area contributed by atoms with Crippen LogP contribution in [0.3, 0.4) is 0 Å². The summed E-state index contributed by atoms with van der Waals surface area (Å²) in [5.74, 6) is 0. The molecule has 0 bridgehead atoms. The molecule has 6 rings (SSSR count). The molecule has 0 atom stereocenters. The first-order valence-corrected chi connectivity index (χ1v) is 20.8. The third-order valence-electron chi connectivity index (χ3n) is 7.22. The van der Waals surface area contributed by atoms with Gasteiger partial charge in [-0.3, -0.25) is 0 Å². The van der Waals surface area contributed by atoms with Crippen LogP contribution < -0.4 is 10.4 Å². The Hall–Kier alpha value is -1.83. The molecule has 0 amide bonds. The van der Waals surface area contributed by atoms with Crippen molar-refractivity contribution in [3.05, 3.63) is 114 Å². The summed E-state index contributed by atoms with van der Waals surface area (Å²) < 4.78 is 0. The van der Waals surface area contributed by atoms with Gasteiger partial charge in [0.2, 0.25) is 0 Å². The van der Waals surface area contributed by atoms with Crippen molar-refractivity contribution in [1.82, 2.24) is 0 Å². The fourth-order valence-corrected chi connectivity index (χ4v) is 6.48. The van der Waals surface area contributed by atoms with Gasteiger partial charge < -0.3 is 0 Å². The number of fused-ring (bicyclic) bond motifs is 4. The molecule has 4 heteroatoms. The van der Waals surface area contributed by atoms with E-state index in [0.717, 1.165) is 22.4 Å². The van der Waals surface area contributed by atoms with Gasteiger partial charge in [-0.15, -0.1) is 40.1 Å². The molecule has 39 heavy (non-hydrogen) atoms. The zero-order valence-electron chi connectivity index (χ0n) is 23.3. The summed E-state index contributed by atoms with van der Waals surface area (Å²) in [7, 11) is 10.7. The molecule has 0 saturated carbocycles. The summed E-state index contributed by atoms with van der Waals surface area (Å²) in [5.41, 5.74) is 10.1. The zero-order chi connectivity index (χ0) is 28.0. The fraction of sp³-hybridized carbons (Fsp3) is 0.229.